The Morgan fingerprint density at radius 3 is 2.31 bits per heavy atom. The Labute approximate surface area is 170 Å². The fourth-order valence-electron chi connectivity index (χ4n) is 3.97. The van der Waals surface area contributed by atoms with Gasteiger partial charge in [-0.05, 0) is 24.7 Å². The number of primary amides is 1. The number of likely N-dealkylation sites (N-methyl/N-ethyl adjacent to an activating group) is 1. The van der Waals surface area contributed by atoms with Crippen molar-refractivity contribution in [2.24, 2.45) is 10.8 Å². The molecule has 1 saturated heterocycles. The van der Waals surface area contributed by atoms with Crippen molar-refractivity contribution in [1.82, 2.24) is 9.80 Å². The molecule has 2 amide bonds. The lowest BCUT2D eigenvalue weighted by atomic mass is 10.0. The first-order valence-corrected chi connectivity index (χ1v) is 9.80. The molecule has 2 N–H and O–H groups in total. The van der Waals surface area contributed by atoms with Crippen molar-refractivity contribution in [2.45, 2.75) is 18.5 Å². The number of piperazine rings is 1. The summed E-state index contributed by atoms with van der Waals surface area (Å²) in [5, 5.41) is 6.10. The molecule has 7 heteroatoms. The number of hydrazone groups is 1. The third kappa shape index (κ3) is 3.86. The fourth-order valence-corrected chi connectivity index (χ4v) is 3.97. The molecule has 29 heavy (non-hydrogen) atoms. The summed E-state index contributed by atoms with van der Waals surface area (Å²) in [7, 11) is 2.06. The number of benzene rings is 2. The predicted molar refractivity (Wildman–Crippen MR) is 112 cm³/mol. The first kappa shape index (κ1) is 19.1. The summed E-state index contributed by atoms with van der Waals surface area (Å²) >= 11 is 0. The van der Waals surface area contributed by atoms with E-state index in [4.69, 9.17) is 5.73 Å². The molecule has 0 aromatic heterocycles. The van der Waals surface area contributed by atoms with Gasteiger partial charge in [-0.25, -0.2) is 0 Å². The molecule has 2 aromatic rings. The number of rotatable bonds is 4. The average molecular weight is 391 g/mol. The van der Waals surface area contributed by atoms with Crippen LogP contribution in [0.2, 0.25) is 0 Å². The molecule has 2 atom stereocenters. The molecule has 7 nitrogen and oxygen atoms in total. The highest BCUT2D eigenvalue weighted by atomic mass is 16.2. The lowest BCUT2D eigenvalue weighted by molar-refractivity contribution is -0.128. The van der Waals surface area contributed by atoms with Crippen LogP contribution >= 0.6 is 0 Å². The normalized spacial score (nSPS) is 22.4. The summed E-state index contributed by atoms with van der Waals surface area (Å²) in [4.78, 5) is 29.6. The number of anilines is 1. The van der Waals surface area contributed by atoms with Crippen LogP contribution in [-0.2, 0) is 9.59 Å². The highest BCUT2D eigenvalue weighted by Crippen LogP contribution is 2.29. The van der Waals surface area contributed by atoms with Crippen LogP contribution in [-0.4, -0.2) is 60.0 Å². The number of nitrogens with zero attached hydrogens (tertiary/aromatic N) is 4. The monoisotopic (exact) mass is 391 g/mol. The molecule has 2 aliphatic heterocycles. The smallest absolute Gasteiger partial charge is 0.270 e. The highest BCUT2D eigenvalue weighted by Gasteiger charge is 2.39. The summed E-state index contributed by atoms with van der Waals surface area (Å²) in [5.74, 6) is -0.616. The summed E-state index contributed by atoms with van der Waals surface area (Å²) < 4.78 is 0. The van der Waals surface area contributed by atoms with Gasteiger partial charge in [0, 0.05) is 26.1 Å². The number of carbonyl (C=O) groups excluding carboxylic acids is 2. The van der Waals surface area contributed by atoms with Crippen LogP contribution in [0, 0.1) is 0 Å². The number of para-hydroxylation sites is 1. The van der Waals surface area contributed by atoms with Crippen molar-refractivity contribution in [1.29, 1.82) is 0 Å². The summed E-state index contributed by atoms with van der Waals surface area (Å²) in [5.41, 5.74) is 7.84. The van der Waals surface area contributed by atoms with Gasteiger partial charge in [-0.2, -0.15) is 5.10 Å². The van der Waals surface area contributed by atoms with Gasteiger partial charge >= 0.3 is 0 Å². The maximum Gasteiger partial charge on any atom is 0.270 e. The molecular formula is C22H25N5O2. The molecule has 0 saturated carbocycles. The molecule has 0 bridgehead atoms. The van der Waals surface area contributed by atoms with E-state index in [-0.39, 0.29) is 18.4 Å². The van der Waals surface area contributed by atoms with Gasteiger partial charge in [0.15, 0.2) is 0 Å². The summed E-state index contributed by atoms with van der Waals surface area (Å²) in [6.07, 6.45) is 0.219. The van der Waals surface area contributed by atoms with Crippen LogP contribution in [0.1, 0.15) is 18.0 Å². The lowest BCUT2D eigenvalue weighted by Gasteiger charge is -2.40. The minimum Gasteiger partial charge on any atom is -0.368 e. The van der Waals surface area contributed by atoms with Crippen LogP contribution in [0.15, 0.2) is 65.8 Å². The zero-order valence-electron chi connectivity index (χ0n) is 16.4. The molecule has 0 radical (unpaired) electrons. The third-order valence-corrected chi connectivity index (χ3v) is 5.54. The second kappa shape index (κ2) is 8.05. The van der Waals surface area contributed by atoms with E-state index < -0.39 is 11.9 Å². The minimum absolute atomic E-state index is 0.0528. The van der Waals surface area contributed by atoms with Crippen LogP contribution in [0.4, 0.5) is 5.69 Å². The van der Waals surface area contributed by atoms with Gasteiger partial charge in [0.1, 0.15) is 11.8 Å². The molecule has 4 rings (SSSR count). The van der Waals surface area contributed by atoms with Crippen molar-refractivity contribution < 1.29 is 9.59 Å². The van der Waals surface area contributed by atoms with Crippen molar-refractivity contribution in [3.05, 3.63) is 66.2 Å². The van der Waals surface area contributed by atoms with E-state index in [1.54, 1.807) is 5.01 Å². The van der Waals surface area contributed by atoms with E-state index in [1.165, 1.54) is 0 Å². The second-order valence-corrected chi connectivity index (χ2v) is 7.54. The average Bonchev–Trinajstić information content (AvgIpc) is 3.20. The quantitative estimate of drug-likeness (QED) is 0.859. The Morgan fingerprint density at radius 2 is 1.66 bits per heavy atom. The largest absolute Gasteiger partial charge is 0.368 e. The summed E-state index contributed by atoms with van der Waals surface area (Å²) in [6, 6.07) is 18.7. The topological polar surface area (TPSA) is 82.2 Å². The Balaban J connectivity index is 1.63. The van der Waals surface area contributed by atoms with Gasteiger partial charge in [-0.1, -0.05) is 48.5 Å². The van der Waals surface area contributed by atoms with Crippen molar-refractivity contribution in [3.8, 4) is 0 Å². The van der Waals surface area contributed by atoms with Gasteiger partial charge in [0.2, 0.25) is 5.91 Å². The van der Waals surface area contributed by atoms with E-state index in [0.29, 0.717) is 12.3 Å². The number of nitrogens with two attached hydrogens (primary N) is 1. The van der Waals surface area contributed by atoms with Gasteiger partial charge in [0.25, 0.3) is 5.91 Å². The zero-order valence-corrected chi connectivity index (χ0v) is 16.4. The SMILES string of the molecule is CN1CCN(C(=O)C2=NN(c3ccccc3)C(C(N)=O)C2)C(c2ccccc2)C1. The molecule has 2 heterocycles. The summed E-state index contributed by atoms with van der Waals surface area (Å²) in [6.45, 7) is 2.16. The number of amides is 2. The van der Waals surface area contributed by atoms with Crippen LogP contribution in [0.5, 0.6) is 0 Å². The minimum atomic E-state index is -0.654. The molecule has 0 aliphatic carbocycles. The van der Waals surface area contributed by atoms with E-state index in [0.717, 1.165) is 24.3 Å². The van der Waals surface area contributed by atoms with Crippen LogP contribution in [0.3, 0.4) is 0 Å². The molecule has 1 fully saturated rings. The molecule has 150 valence electrons. The van der Waals surface area contributed by atoms with E-state index in [1.807, 2.05) is 65.6 Å². The molecule has 2 aliphatic rings. The first-order chi connectivity index (χ1) is 14.0. The Morgan fingerprint density at radius 1 is 1.00 bits per heavy atom. The number of hydrogen-bond donors (Lipinski definition) is 1. The fraction of sp³-hybridized carbons (Fsp3) is 0.318. The third-order valence-electron chi connectivity index (χ3n) is 5.54. The van der Waals surface area contributed by atoms with Crippen molar-refractivity contribution >= 4 is 23.2 Å². The van der Waals surface area contributed by atoms with E-state index in [9.17, 15) is 9.59 Å². The lowest BCUT2D eigenvalue weighted by Crippen LogP contribution is -2.51. The first-order valence-electron chi connectivity index (χ1n) is 9.80. The van der Waals surface area contributed by atoms with E-state index in [2.05, 4.69) is 17.0 Å². The van der Waals surface area contributed by atoms with Crippen LogP contribution < -0.4 is 10.7 Å². The number of hydrogen-bond acceptors (Lipinski definition) is 5. The van der Waals surface area contributed by atoms with Gasteiger partial charge in [0.05, 0.1) is 11.7 Å². The number of carbonyl (C=O) groups is 2. The van der Waals surface area contributed by atoms with Crippen LogP contribution in [0.25, 0.3) is 0 Å². The van der Waals surface area contributed by atoms with E-state index >= 15 is 0 Å². The highest BCUT2D eigenvalue weighted by molar-refractivity contribution is 6.40. The molecule has 2 aromatic carbocycles. The Bertz CT molecular complexity index is 915. The predicted octanol–water partition coefficient (Wildman–Crippen LogP) is 1.62. The second-order valence-electron chi connectivity index (χ2n) is 7.54. The maximum absolute atomic E-state index is 13.4. The zero-order chi connectivity index (χ0) is 20.4. The standard InChI is InChI=1S/C22H25N5O2/c1-25-12-13-26(20(15-25)16-8-4-2-5-9-16)22(29)18-14-19(21(23)28)27(24-18)17-10-6-3-7-11-17/h2-11,19-20H,12-15H2,1H3,(H2,23,28). The van der Waals surface area contributed by atoms with Gasteiger partial charge in [-0.15, -0.1) is 0 Å². The molecule has 2 unspecified atom stereocenters. The Kier molecular flexibility index (Phi) is 5.31. The molecule has 0 spiro atoms. The van der Waals surface area contributed by atoms with Crippen molar-refractivity contribution in [3.63, 3.8) is 0 Å². The van der Waals surface area contributed by atoms with Gasteiger partial charge < -0.3 is 15.5 Å². The van der Waals surface area contributed by atoms with Crippen molar-refractivity contribution in [2.75, 3.05) is 31.7 Å². The van der Waals surface area contributed by atoms with Gasteiger partial charge in [-0.3, -0.25) is 14.6 Å². The maximum atomic E-state index is 13.4. The molecular weight excluding hydrogens is 366 g/mol. The Hall–Kier alpha value is -3.19.